The van der Waals surface area contributed by atoms with E-state index in [2.05, 4.69) is 44.4 Å². The Bertz CT molecular complexity index is 1630. The van der Waals surface area contributed by atoms with Gasteiger partial charge in [0.25, 0.3) is 0 Å². The summed E-state index contributed by atoms with van der Waals surface area (Å²) in [5.41, 5.74) is 1.95. The molecule has 2 heterocycles. The molecular weight excluding hydrogens is 698 g/mol. The maximum Gasteiger partial charge on any atom is 0.423 e. The molecule has 0 aliphatic carbocycles. The van der Waals surface area contributed by atoms with Crippen LogP contribution in [0.1, 0.15) is 108 Å². The molecule has 2 N–H and O–H groups in total. The largest absolute Gasteiger partial charge is 0.477 e. The third-order valence-electron chi connectivity index (χ3n) is 7.90. The normalized spacial score (nSPS) is 11.4. The molecule has 0 unspecified atom stereocenters. The Labute approximate surface area is 308 Å². The Morgan fingerprint density at radius 1 is 0.528 bits per heavy atom. The van der Waals surface area contributed by atoms with Gasteiger partial charge in [-0.25, -0.2) is 9.97 Å². The van der Waals surface area contributed by atoms with E-state index in [0.717, 1.165) is 38.1 Å². The van der Waals surface area contributed by atoms with Crippen LogP contribution in [0, 0.1) is 0 Å². The van der Waals surface area contributed by atoms with Gasteiger partial charge in [-0.2, -0.15) is 36.3 Å². The molecular formula is C39H50F6N6O2. The van der Waals surface area contributed by atoms with Gasteiger partial charge in [0.05, 0.1) is 13.2 Å². The van der Waals surface area contributed by atoms with Crippen molar-refractivity contribution in [1.29, 1.82) is 0 Å². The molecule has 0 fully saturated rings. The highest BCUT2D eigenvalue weighted by molar-refractivity contribution is 5.55. The minimum absolute atomic E-state index is 0.0668. The fourth-order valence-corrected chi connectivity index (χ4v) is 5.08. The zero-order valence-corrected chi connectivity index (χ0v) is 30.8. The van der Waals surface area contributed by atoms with Crippen LogP contribution in [0.15, 0.2) is 60.9 Å². The number of benzene rings is 2. The Morgan fingerprint density at radius 3 is 1.30 bits per heavy atom. The van der Waals surface area contributed by atoms with Gasteiger partial charge in [-0.3, -0.25) is 0 Å². The maximum atomic E-state index is 13.0. The van der Waals surface area contributed by atoms with Crippen molar-refractivity contribution in [2.75, 3.05) is 23.8 Å². The molecule has 0 bridgehead atoms. The molecule has 0 amide bonds. The molecule has 0 aliphatic rings. The molecule has 0 atom stereocenters. The number of anilines is 4. The van der Waals surface area contributed by atoms with Gasteiger partial charge in [0, 0.05) is 23.8 Å². The fraction of sp³-hybridized carbons (Fsp3) is 0.487. The minimum atomic E-state index is -4.55. The van der Waals surface area contributed by atoms with Gasteiger partial charge in [0.1, 0.15) is 11.1 Å². The summed E-state index contributed by atoms with van der Waals surface area (Å²) in [7, 11) is 0. The van der Waals surface area contributed by atoms with E-state index in [9.17, 15) is 26.3 Å². The monoisotopic (exact) mass is 748 g/mol. The van der Waals surface area contributed by atoms with Crippen molar-refractivity contribution in [1.82, 2.24) is 19.9 Å². The predicted octanol–water partition coefficient (Wildman–Crippen LogP) is 11.9. The Hall–Kier alpha value is -4.62. The number of aromatic nitrogens is 4. The molecule has 14 heteroatoms. The second-order valence-corrected chi connectivity index (χ2v) is 12.4. The summed E-state index contributed by atoms with van der Waals surface area (Å²) in [5, 5.41) is 5.85. The number of unbranched alkanes of at least 4 members (excludes halogenated alkanes) is 6. The summed E-state index contributed by atoms with van der Waals surface area (Å²) in [4.78, 5) is 15.3. The molecule has 0 radical (unpaired) electrons. The number of alkyl halides is 6. The second-order valence-electron chi connectivity index (χ2n) is 12.4. The van der Waals surface area contributed by atoms with Crippen LogP contribution in [-0.4, -0.2) is 33.1 Å². The van der Waals surface area contributed by atoms with Crippen LogP contribution in [-0.2, 0) is 25.2 Å². The lowest BCUT2D eigenvalue weighted by atomic mass is 10.1. The van der Waals surface area contributed by atoms with Crippen LogP contribution in [0.25, 0.3) is 0 Å². The van der Waals surface area contributed by atoms with Crippen LogP contribution in [0.4, 0.5) is 49.6 Å². The van der Waals surface area contributed by atoms with Gasteiger partial charge in [0.15, 0.2) is 0 Å². The summed E-state index contributed by atoms with van der Waals surface area (Å²) >= 11 is 0. The number of ether oxygens (including phenoxy) is 2. The van der Waals surface area contributed by atoms with Gasteiger partial charge in [-0.05, 0) is 74.4 Å². The SMILES string of the molecule is CCCCCCc1ccc(Nc2ncc(C(F)(F)F)c(OCC)n2)cc1.CCCCCCc1ccc(Nc2ncc(C(F)(F)F)c(OCCC)n2)cc1. The van der Waals surface area contributed by atoms with Crippen LogP contribution >= 0.6 is 0 Å². The number of nitrogens with zero attached hydrogens (tertiary/aromatic N) is 4. The summed E-state index contributed by atoms with van der Waals surface area (Å²) in [6.07, 6.45) is 4.66. The predicted molar refractivity (Wildman–Crippen MR) is 196 cm³/mol. The van der Waals surface area contributed by atoms with Crippen molar-refractivity contribution < 1.29 is 35.8 Å². The molecule has 0 spiro atoms. The number of aryl methyl sites for hydroxylation is 2. The van der Waals surface area contributed by atoms with Gasteiger partial charge < -0.3 is 20.1 Å². The molecule has 4 rings (SSSR count). The fourth-order valence-electron chi connectivity index (χ4n) is 5.08. The second kappa shape index (κ2) is 21.8. The van der Waals surface area contributed by atoms with E-state index in [1.165, 1.54) is 49.7 Å². The van der Waals surface area contributed by atoms with Crippen molar-refractivity contribution in [2.24, 2.45) is 0 Å². The summed E-state index contributed by atoms with van der Waals surface area (Å²) < 4.78 is 88.2. The Balaban J connectivity index is 0.000000286. The third-order valence-corrected chi connectivity index (χ3v) is 7.90. The molecule has 53 heavy (non-hydrogen) atoms. The van der Waals surface area contributed by atoms with Crippen LogP contribution < -0.4 is 20.1 Å². The first-order valence-corrected chi connectivity index (χ1v) is 18.2. The molecule has 290 valence electrons. The van der Waals surface area contributed by atoms with Gasteiger partial charge >= 0.3 is 12.4 Å². The topological polar surface area (TPSA) is 94.1 Å². The van der Waals surface area contributed by atoms with Gasteiger partial charge in [-0.1, -0.05) is 83.6 Å². The molecule has 0 aliphatic heterocycles. The van der Waals surface area contributed by atoms with Gasteiger partial charge in [0.2, 0.25) is 23.7 Å². The Kier molecular flexibility index (Phi) is 17.6. The molecule has 0 saturated heterocycles. The van der Waals surface area contributed by atoms with E-state index in [1.54, 1.807) is 6.92 Å². The number of rotatable bonds is 19. The van der Waals surface area contributed by atoms with Crippen LogP contribution in [0.5, 0.6) is 11.8 Å². The number of halogens is 6. The van der Waals surface area contributed by atoms with E-state index < -0.39 is 35.2 Å². The quantitative estimate of drug-likeness (QED) is 0.0723. The van der Waals surface area contributed by atoms with E-state index in [0.29, 0.717) is 17.8 Å². The molecule has 2 aromatic heterocycles. The number of nitrogens with one attached hydrogen (secondary N) is 2. The summed E-state index contributed by atoms with van der Waals surface area (Å²) in [6.45, 7) is 8.04. The third kappa shape index (κ3) is 15.1. The highest BCUT2D eigenvalue weighted by Gasteiger charge is 2.37. The zero-order chi connectivity index (χ0) is 38.7. The van der Waals surface area contributed by atoms with E-state index in [1.807, 2.05) is 55.5 Å². The van der Waals surface area contributed by atoms with Gasteiger partial charge in [-0.15, -0.1) is 0 Å². The zero-order valence-electron chi connectivity index (χ0n) is 30.8. The number of hydrogen-bond donors (Lipinski definition) is 2. The molecule has 2 aromatic carbocycles. The molecule has 0 saturated carbocycles. The minimum Gasteiger partial charge on any atom is -0.477 e. The summed E-state index contributed by atoms with van der Waals surface area (Å²) in [6, 6.07) is 15.5. The average Bonchev–Trinajstić information content (AvgIpc) is 3.12. The molecule has 4 aromatic rings. The van der Waals surface area contributed by atoms with Crippen molar-refractivity contribution in [3.63, 3.8) is 0 Å². The van der Waals surface area contributed by atoms with Crippen LogP contribution in [0.2, 0.25) is 0 Å². The number of hydrogen-bond acceptors (Lipinski definition) is 8. The van der Waals surface area contributed by atoms with Crippen molar-refractivity contribution in [3.8, 4) is 11.8 Å². The van der Waals surface area contributed by atoms with Crippen molar-refractivity contribution >= 4 is 23.3 Å². The smallest absolute Gasteiger partial charge is 0.423 e. The first-order valence-electron chi connectivity index (χ1n) is 18.2. The highest BCUT2D eigenvalue weighted by atomic mass is 19.4. The highest BCUT2D eigenvalue weighted by Crippen LogP contribution is 2.36. The summed E-state index contributed by atoms with van der Waals surface area (Å²) in [5.74, 6) is -0.776. The lowest BCUT2D eigenvalue weighted by molar-refractivity contribution is -0.140. The van der Waals surface area contributed by atoms with Crippen molar-refractivity contribution in [3.05, 3.63) is 83.2 Å². The lowest BCUT2D eigenvalue weighted by Crippen LogP contribution is -2.12. The standard InChI is InChI=1S/C20H26F3N3O.C19H24F3N3O/c1-3-5-6-7-8-15-9-11-16(12-10-15)25-19-24-14-17(20(21,22)23)18(26-19)27-13-4-2;1-3-5-6-7-8-14-9-11-15(12-10-14)24-18-23-13-16(19(20,21)22)17(25-18)26-4-2/h9-12,14H,3-8,13H2,1-2H3,(H,24,25,26);9-13H,3-8H2,1-2H3,(H,23,24,25). The Morgan fingerprint density at radius 2 is 0.943 bits per heavy atom. The first kappa shape index (κ1) is 42.8. The van der Waals surface area contributed by atoms with E-state index in [4.69, 9.17) is 9.47 Å². The maximum absolute atomic E-state index is 13.0. The van der Waals surface area contributed by atoms with Crippen LogP contribution in [0.3, 0.4) is 0 Å². The average molecular weight is 749 g/mol. The van der Waals surface area contributed by atoms with Crippen molar-refractivity contribution in [2.45, 2.75) is 111 Å². The first-order chi connectivity index (χ1) is 25.4. The van der Waals surface area contributed by atoms with E-state index in [-0.39, 0.29) is 25.1 Å². The molecule has 8 nitrogen and oxygen atoms in total. The van der Waals surface area contributed by atoms with E-state index >= 15 is 0 Å². The lowest BCUT2D eigenvalue weighted by Gasteiger charge is -2.14.